The first kappa shape index (κ1) is 11.0. The van der Waals surface area contributed by atoms with Gasteiger partial charge >= 0.3 is 6.16 Å². The average molecular weight is 204 g/mol. The third kappa shape index (κ3) is 2.70. The van der Waals surface area contributed by atoms with Crippen LogP contribution in [0.4, 0.5) is 9.18 Å². The van der Waals surface area contributed by atoms with E-state index in [4.69, 9.17) is 9.47 Å². The highest BCUT2D eigenvalue weighted by molar-refractivity contribution is 5.62. The zero-order valence-electron chi connectivity index (χ0n) is 8.43. The zero-order chi connectivity index (χ0) is 10.8. The molecule has 1 heterocycles. The van der Waals surface area contributed by atoms with Crippen molar-refractivity contribution in [3.05, 3.63) is 11.4 Å². The lowest BCUT2D eigenvalue weighted by Crippen LogP contribution is -2.31. The number of carbonyl (C=O) groups is 1. The van der Waals surface area contributed by atoms with E-state index in [-0.39, 0.29) is 19.0 Å². The van der Waals surface area contributed by atoms with Crippen molar-refractivity contribution >= 4 is 6.16 Å². The summed E-state index contributed by atoms with van der Waals surface area (Å²) in [6.07, 6.45) is -0.787. The summed E-state index contributed by atoms with van der Waals surface area (Å²) < 4.78 is 27.3. The van der Waals surface area contributed by atoms with Crippen LogP contribution in [-0.2, 0) is 14.2 Å². The predicted octanol–water partition coefficient (Wildman–Crippen LogP) is 2.15. The molecule has 0 aliphatic carbocycles. The number of allylic oxidation sites excluding steroid dienone is 1. The third-order valence-electron chi connectivity index (χ3n) is 1.80. The molecule has 5 heteroatoms. The molecule has 1 unspecified atom stereocenters. The molecular weight excluding hydrogens is 191 g/mol. The van der Waals surface area contributed by atoms with Gasteiger partial charge in [0.25, 0.3) is 0 Å². The van der Waals surface area contributed by atoms with Crippen molar-refractivity contribution in [2.45, 2.75) is 26.6 Å². The van der Waals surface area contributed by atoms with E-state index in [1.165, 1.54) is 6.92 Å². The molecule has 1 rings (SSSR count). The Kier molecular flexibility index (Phi) is 3.10. The number of cyclic esters (lactones) is 2. The SMILES string of the molecule is CC(C)=C(F)COC1(C)COC(=O)O1. The molecule has 4 nitrogen and oxygen atoms in total. The molecule has 14 heavy (non-hydrogen) atoms. The summed E-state index contributed by atoms with van der Waals surface area (Å²) in [6.45, 7) is 4.57. The van der Waals surface area contributed by atoms with E-state index in [1.54, 1.807) is 13.8 Å². The minimum Gasteiger partial charge on any atom is -0.427 e. The van der Waals surface area contributed by atoms with Crippen LogP contribution in [0.15, 0.2) is 11.4 Å². The van der Waals surface area contributed by atoms with Crippen LogP contribution in [0.25, 0.3) is 0 Å². The summed E-state index contributed by atoms with van der Waals surface area (Å²) in [5.74, 6) is -1.53. The van der Waals surface area contributed by atoms with Gasteiger partial charge in [0.2, 0.25) is 5.79 Å². The maximum Gasteiger partial charge on any atom is 0.511 e. The third-order valence-corrected chi connectivity index (χ3v) is 1.80. The highest BCUT2D eigenvalue weighted by atomic mass is 19.1. The van der Waals surface area contributed by atoms with E-state index in [0.717, 1.165) is 0 Å². The Balaban J connectivity index is 2.46. The molecule has 0 radical (unpaired) electrons. The second kappa shape index (κ2) is 3.96. The van der Waals surface area contributed by atoms with Crippen LogP contribution in [0.5, 0.6) is 0 Å². The molecule has 0 N–H and O–H groups in total. The fraction of sp³-hybridized carbons (Fsp3) is 0.667. The summed E-state index contributed by atoms with van der Waals surface area (Å²) in [6, 6.07) is 0. The van der Waals surface area contributed by atoms with Crippen LogP contribution in [-0.4, -0.2) is 25.2 Å². The van der Waals surface area contributed by atoms with Gasteiger partial charge in [-0.05, 0) is 19.4 Å². The Labute approximate surface area is 81.6 Å². The number of rotatable bonds is 3. The van der Waals surface area contributed by atoms with E-state index in [0.29, 0.717) is 5.57 Å². The van der Waals surface area contributed by atoms with Crippen molar-refractivity contribution in [2.24, 2.45) is 0 Å². The summed E-state index contributed by atoms with van der Waals surface area (Å²) in [5.41, 5.74) is 0.541. The van der Waals surface area contributed by atoms with Crippen LogP contribution < -0.4 is 0 Å². The Morgan fingerprint density at radius 2 is 2.29 bits per heavy atom. The minimum absolute atomic E-state index is 0.0120. The molecule has 0 aromatic carbocycles. The molecule has 0 amide bonds. The largest absolute Gasteiger partial charge is 0.511 e. The Morgan fingerprint density at radius 1 is 1.64 bits per heavy atom. The molecule has 0 aromatic heterocycles. The van der Waals surface area contributed by atoms with Crippen molar-refractivity contribution in [1.82, 2.24) is 0 Å². The van der Waals surface area contributed by atoms with Crippen molar-refractivity contribution in [3.8, 4) is 0 Å². The van der Waals surface area contributed by atoms with Gasteiger partial charge < -0.3 is 14.2 Å². The molecule has 0 spiro atoms. The Bertz CT molecular complexity index is 270. The van der Waals surface area contributed by atoms with Gasteiger partial charge in [0.05, 0.1) is 0 Å². The van der Waals surface area contributed by atoms with Crippen molar-refractivity contribution in [3.63, 3.8) is 0 Å². The highest BCUT2D eigenvalue weighted by Crippen LogP contribution is 2.22. The van der Waals surface area contributed by atoms with Gasteiger partial charge in [-0.2, -0.15) is 0 Å². The molecular formula is C9H13FO4. The number of carbonyl (C=O) groups excluding carboxylic acids is 1. The lowest BCUT2D eigenvalue weighted by Gasteiger charge is -2.19. The smallest absolute Gasteiger partial charge is 0.427 e. The molecule has 1 aliphatic heterocycles. The second-order valence-electron chi connectivity index (χ2n) is 3.47. The van der Waals surface area contributed by atoms with Crippen LogP contribution >= 0.6 is 0 Å². The quantitative estimate of drug-likeness (QED) is 0.661. The molecule has 1 saturated heterocycles. The molecule has 0 saturated carbocycles. The fourth-order valence-electron chi connectivity index (χ4n) is 0.857. The number of hydrogen-bond acceptors (Lipinski definition) is 4. The van der Waals surface area contributed by atoms with Gasteiger partial charge in [-0.3, -0.25) is 0 Å². The minimum atomic E-state index is -1.16. The van der Waals surface area contributed by atoms with Gasteiger partial charge in [-0.15, -0.1) is 0 Å². The van der Waals surface area contributed by atoms with Crippen LogP contribution in [0.2, 0.25) is 0 Å². The van der Waals surface area contributed by atoms with Gasteiger partial charge in [-0.1, -0.05) is 0 Å². The van der Waals surface area contributed by atoms with Crippen molar-refractivity contribution < 1.29 is 23.4 Å². The van der Waals surface area contributed by atoms with E-state index in [9.17, 15) is 9.18 Å². The van der Waals surface area contributed by atoms with Gasteiger partial charge in [-0.25, -0.2) is 9.18 Å². The van der Waals surface area contributed by atoms with E-state index in [1.807, 2.05) is 0 Å². The fourth-order valence-corrected chi connectivity index (χ4v) is 0.857. The first-order valence-electron chi connectivity index (χ1n) is 4.24. The number of ether oxygens (including phenoxy) is 3. The Morgan fingerprint density at radius 3 is 2.71 bits per heavy atom. The molecule has 0 aromatic rings. The first-order valence-corrected chi connectivity index (χ1v) is 4.24. The van der Waals surface area contributed by atoms with E-state index < -0.39 is 11.9 Å². The van der Waals surface area contributed by atoms with Crippen LogP contribution in [0, 0.1) is 0 Å². The summed E-state index contributed by atoms with van der Waals surface area (Å²) in [7, 11) is 0. The van der Waals surface area contributed by atoms with Gasteiger partial charge in [0.1, 0.15) is 12.4 Å². The number of halogens is 1. The normalized spacial score (nSPS) is 25.6. The van der Waals surface area contributed by atoms with Crippen LogP contribution in [0.1, 0.15) is 20.8 Å². The second-order valence-corrected chi connectivity index (χ2v) is 3.47. The Hall–Kier alpha value is -1.10. The van der Waals surface area contributed by atoms with E-state index in [2.05, 4.69) is 4.74 Å². The highest BCUT2D eigenvalue weighted by Gasteiger charge is 2.39. The number of hydrogen-bond donors (Lipinski definition) is 0. The first-order chi connectivity index (χ1) is 6.43. The maximum absolute atomic E-state index is 13.0. The zero-order valence-corrected chi connectivity index (χ0v) is 8.43. The topological polar surface area (TPSA) is 44.8 Å². The van der Waals surface area contributed by atoms with Crippen LogP contribution in [0.3, 0.4) is 0 Å². The maximum atomic E-state index is 13.0. The average Bonchev–Trinajstić information content (AvgIpc) is 2.43. The van der Waals surface area contributed by atoms with E-state index >= 15 is 0 Å². The molecule has 0 bridgehead atoms. The standard InChI is InChI=1S/C9H13FO4/c1-6(2)7(10)4-13-9(3)5-12-8(11)14-9/h4-5H2,1-3H3. The predicted molar refractivity (Wildman–Crippen MR) is 46.3 cm³/mol. The lowest BCUT2D eigenvalue weighted by atomic mass is 10.3. The summed E-state index contributed by atoms with van der Waals surface area (Å²) >= 11 is 0. The van der Waals surface area contributed by atoms with Gasteiger partial charge in [0.15, 0.2) is 6.61 Å². The molecule has 80 valence electrons. The van der Waals surface area contributed by atoms with Crippen molar-refractivity contribution in [2.75, 3.05) is 13.2 Å². The summed E-state index contributed by atoms with van der Waals surface area (Å²) in [4.78, 5) is 10.6. The monoisotopic (exact) mass is 204 g/mol. The molecule has 1 aliphatic rings. The molecule has 1 atom stereocenters. The summed E-state index contributed by atoms with van der Waals surface area (Å²) in [5, 5.41) is 0. The van der Waals surface area contributed by atoms with Gasteiger partial charge in [0, 0.05) is 6.92 Å². The lowest BCUT2D eigenvalue weighted by molar-refractivity contribution is -0.162. The van der Waals surface area contributed by atoms with Crippen molar-refractivity contribution in [1.29, 1.82) is 0 Å². The molecule has 1 fully saturated rings.